The molecule has 24 heavy (non-hydrogen) atoms. The number of rotatable bonds is 7. The molecule has 0 radical (unpaired) electrons. The van der Waals surface area contributed by atoms with Gasteiger partial charge < -0.3 is 0 Å². The molecular formula is C21H26N2O. The highest BCUT2D eigenvalue weighted by Gasteiger charge is 2.16. The minimum atomic E-state index is -0.117. The van der Waals surface area contributed by atoms with Crippen LogP contribution in [-0.4, -0.2) is 12.1 Å². The fourth-order valence-electron chi connectivity index (χ4n) is 2.56. The molecule has 3 nitrogen and oxygen atoms in total. The highest BCUT2D eigenvalue weighted by atomic mass is 16.2. The van der Waals surface area contributed by atoms with E-state index in [4.69, 9.17) is 0 Å². The third kappa shape index (κ3) is 5.99. The number of aryl methyl sites for hydroxylation is 1. The average molecular weight is 322 g/mol. The Labute approximate surface area is 144 Å². The Morgan fingerprint density at radius 1 is 1.00 bits per heavy atom. The van der Waals surface area contributed by atoms with E-state index < -0.39 is 0 Å². The predicted octanol–water partition coefficient (Wildman–Crippen LogP) is 4.16. The molecule has 2 aromatic rings. The Bertz CT molecular complexity index is 673. The lowest BCUT2D eigenvalue weighted by Crippen LogP contribution is -2.23. The average Bonchev–Trinajstić information content (AvgIpc) is 2.56. The highest BCUT2D eigenvalue weighted by molar-refractivity contribution is 5.79. The summed E-state index contributed by atoms with van der Waals surface area (Å²) in [6, 6.07) is 18.4. The van der Waals surface area contributed by atoms with Gasteiger partial charge in [-0.25, -0.2) is 5.43 Å². The first-order chi connectivity index (χ1) is 11.5. The van der Waals surface area contributed by atoms with Crippen LogP contribution < -0.4 is 5.43 Å². The van der Waals surface area contributed by atoms with Crippen molar-refractivity contribution in [3.05, 3.63) is 71.3 Å². The molecule has 1 N–H and O–H groups in total. The van der Waals surface area contributed by atoms with E-state index in [9.17, 15) is 4.79 Å². The molecular weight excluding hydrogens is 296 g/mol. The summed E-state index contributed by atoms with van der Waals surface area (Å²) in [5.74, 6) is -0.0967. The van der Waals surface area contributed by atoms with Crippen molar-refractivity contribution in [1.29, 1.82) is 0 Å². The molecule has 0 saturated heterocycles. The molecule has 0 fully saturated rings. The van der Waals surface area contributed by atoms with Gasteiger partial charge >= 0.3 is 0 Å². The summed E-state index contributed by atoms with van der Waals surface area (Å²) < 4.78 is 0. The largest absolute Gasteiger partial charge is 0.273 e. The third-order valence-electron chi connectivity index (χ3n) is 3.90. The lowest BCUT2D eigenvalue weighted by atomic mass is 9.87. The van der Waals surface area contributed by atoms with Gasteiger partial charge in [0, 0.05) is 11.6 Å². The van der Waals surface area contributed by atoms with Crippen LogP contribution in [0.5, 0.6) is 0 Å². The number of nitrogens with one attached hydrogen (secondary N) is 1. The van der Waals surface area contributed by atoms with Gasteiger partial charge in [-0.1, -0.05) is 75.4 Å². The first-order valence-corrected chi connectivity index (χ1v) is 8.43. The van der Waals surface area contributed by atoms with Crippen LogP contribution in [0.1, 0.15) is 37.5 Å². The standard InChI is InChI=1S/C21H26N2O/c1-4-17-10-12-19(13-11-17)15-21(2,3)16-22-23-20(24)14-18-8-6-5-7-9-18/h5-13,16H,4,14-15H2,1-3H3,(H,23,24)/b22-16+. The monoisotopic (exact) mass is 322 g/mol. The Morgan fingerprint density at radius 3 is 2.25 bits per heavy atom. The summed E-state index contributed by atoms with van der Waals surface area (Å²) in [4.78, 5) is 11.9. The number of carbonyl (C=O) groups excluding carboxylic acids is 1. The van der Waals surface area contributed by atoms with E-state index in [1.54, 1.807) is 0 Å². The van der Waals surface area contributed by atoms with Gasteiger partial charge in [0.05, 0.1) is 6.42 Å². The maximum absolute atomic E-state index is 11.9. The lowest BCUT2D eigenvalue weighted by molar-refractivity contribution is -0.120. The Morgan fingerprint density at radius 2 is 1.62 bits per heavy atom. The van der Waals surface area contributed by atoms with Crippen molar-refractivity contribution in [3.8, 4) is 0 Å². The van der Waals surface area contributed by atoms with Gasteiger partial charge in [-0.2, -0.15) is 5.10 Å². The molecule has 0 saturated carbocycles. The number of hydrazone groups is 1. The van der Waals surface area contributed by atoms with E-state index in [1.165, 1.54) is 11.1 Å². The second kappa shape index (κ2) is 8.44. The van der Waals surface area contributed by atoms with Gasteiger partial charge in [-0.05, 0) is 29.5 Å². The Kier molecular flexibility index (Phi) is 6.30. The number of hydrogen-bond acceptors (Lipinski definition) is 2. The Hall–Kier alpha value is -2.42. The van der Waals surface area contributed by atoms with E-state index in [2.05, 4.69) is 55.6 Å². The zero-order chi connectivity index (χ0) is 17.4. The maximum atomic E-state index is 11.9. The van der Waals surface area contributed by atoms with Gasteiger partial charge in [0.25, 0.3) is 0 Å². The van der Waals surface area contributed by atoms with Crippen LogP contribution in [0.15, 0.2) is 59.7 Å². The molecule has 0 aliphatic rings. The van der Waals surface area contributed by atoms with Crippen molar-refractivity contribution in [3.63, 3.8) is 0 Å². The maximum Gasteiger partial charge on any atom is 0.244 e. The molecule has 0 atom stereocenters. The summed E-state index contributed by atoms with van der Waals surface area (Å²) >= 11 is 0. The normalized spacial score (nSPS) is 11.6. The second-order valence-corrected chi connectivity index (χ2v) is 6.79. The van der Waals surface area contributed by atoms with E-state index in [0.717, 1.165) is 18.4 Å². The van der Waals surface area contributed by atoms with Crippen LogP contribution in [0.3, 0.4) is 0 Å². The van der Waals surface area contributed by atoms with Gasteiger partial charge in [-0.15, -0.1) is 0 Å². The molecule has 2 aromatic carbocycles. The van der Waals surface area contributed by atoms with Crippen molar-refractivity contribution in [1.82, 2.24) is 5.43 Å². The molecule has 0 spiro atoms. The fraction of sp³-hybridized carbons (Fsp3) is 0.333. The van der Waals surface area contributed by atoms with Crippen LogP contribution in [0.2, 0.25) is 0 Å². The minimum Gasteiger partial charge on any atom is -0.273 e. The number of hydrogen-bond donors (Lipinski definition) is 1. The van der Waals surface area contributed by atoms with Crippen LogP contribution in [-0.2, 0) is 24.1 Å². The van der Waals surface area contributed by atoms with Crippen LogP contribution in [0.4, 0.5) is 0 Å². The third-order valence-corrected chi connectivity index (χ3v) is 3.90. The number of amides is 1. The predicted molar refractivity (Wildman–Crippen MR) is 100 cm³/mol. The zero-order valence-electron chi connectivity index (χ0n) is 14.8. The topological polar surface area (TPSA) is 41.5 Å². The van der Waals surface area contributed by atoms with Crippen molar-refractivity contribution in [2.24, 2.45) is 10.5 Å². The number of carbonyl (C=O) groups is 1. The minimum absolute atomic E-state index is 0.0967. The van der Waals surface area contributed by atoms with Crippen molar-refractivity contribution >= 4 is 12.1 Å². The van der Waals surface area contributed by atoms with Gasteiger partial charge in [0.1, 0.15) is 0 Å². The highest BCUT2D eigenvalue weighted by Crippen LogP contribution is 2.20. The summed E-state index contributed by atoms with van der Waals surface area (Å²) in [6.45, 7) is 6.39. The second-order valence-electron chi connectivity index (χ2n) is 6.79. The Balaban J connectivity index is 1.85. The number of nitrogens with zero attached hydrogens (tertiary/aromatic N) is 1. The molecule has 0 heterocycles. The van der Waals surface area contributed by atoms with Crippen molar-refractivity contribution in [2.45, 2.75) is 40.0 Å². The van der Waals surface area contributed by atoms with E-state index >= 15 is 0 Å². The van der Waals surface area contributed by atoms with E-state index in [-0.39, 0.29) is 11.3 Å². The lowest BCUT2D eigenvalue weighted by Gasteiger charge is -2.19. The van der Waals surface area contributed by atoms with E-state index in [0.29, 0.717) is 6.42 Å². The summed E-state index contributed by atoms with van der Waals surface area (Å²) in [6.07, 6.45) is 4.11. The molecule has 126 valence electrons. The van der Waals surface area contributed by atoms with Gasteiger partial charge in [0.2, 0.25) is 5.91 Å². The molecule has 0 unspecified atom stereocenters. The van der Waals surface area contributed by atoms with Gasteiger partial charge in [0.15, 0.2) is 0 Å². The number of benzene rings is 2. The van der Waals surface area contributed by atoms with Crippen LogP contribution in [0, 0.1) is 5.41 Å². The van der Waals surface area contributed by atoms with Crippen LogP contribution >= 0.6 is 0 Å². The van der Waals surface area contributed by atoms with Gasteiger partial charge in [-0.3, -0.25) is 4.79 Å². The molecule has 0 bridgehead atoms. The van der Waals surface area contributed by atoms with Crippen LogP contribution in [0.25, 0.3) is 0 Å². The summed E-state index contributed by atoms with van der Waals surface area (Å²) in [5.41, 5.74) is 6.11. The quantitative estimate of drug-likeness (QED) is 0.603. The van der Waals surface area contributed by atoms with Crippen molar-refractivity contribution in [2.75, 3.05) is 0 Å². The smallest absolute Gasteiger partial charge is 0.244 e. The van der Waals surface area contributed by atoms with Crippen molar-refractivity contribution < 1.29 is 4.79 Å². The zero-order valence-corrected chi connectivity index (χ0v) is 14.8. The summed E-state index contributed by atoms with van der Waals surface area (Å²) in [7, 11) is 0. The molecule has 2 rings (SSSR count). The SMILES string of the molecule is CCc1ccc(CC(C)(C)/C=N/NC(=O)Cc2ccccc2)cc1. The molecule has 1 amide bonds. The first-order valence-electron chi connectivity index (χ1n) is 8.43. The molecule has 0 aliphatic carbocycles. The molecule has 0 aromatic heterocycles. The summed E-state index contributed by atoms with van der Waals surface area (Å²) in [5, 5.41) is 4.14. The molecule has 0 aliphatic heterocycles. The molecule has 3 heteroatoms. The first kappa shape index (κ1) is 17.9. The van der Waals surface area contributed by atoms with E-state index in [1.807, 2.05) is 36.5 Å². The fourth-order valence-corrected chi connectivity index (χ4v) is 2.56.